The molecule has 0 aliphatic heterocycles. The van der Waals surface area contributed by atoms with Crippen molar-refractivity contribution < 1.29 is 14.0 Å². The third-order valence-corrected chi connectivity index (χ3v) is 4.59. The summed E-state index contributed by atoms with van der Waals surface area (Å²) in [5.41, 5.74) is 2.70. The first-order chi connectivity index (χ1) is 13.9. The number of halogens is 1. The lowest BCUT2D eigenvalue weighted by Gasteiger charge is -2.16. The van der Waals surface area contributed by atoms with Crippen molar-refractivity contribution in [1.29, 1.82) is 0 Å². The second-order valence-corrected chi connectivity index (χ2v) is 7.23. The maximum Gasteiger partial charge on any atom is 0.243 e. The second kappa shape index (κ2) is 9.39. The summed E-state index contributed by atoms with van der Waals surface area (Å²) in [6.07, 6.45) is 2.23. The molecule has 6 nitrogen and oxygen atoms in total. The number of benzene rings is 2. The lowest BCUT2D eigenvalue weighted by Crippen LogP contribution is -2.35. The highest BCUT2D eigenvalue weighted by Gasteiger charge is 2.15. The molecular weight excluding hydrogens is 390 g/mol. The molecule has 2 amide bonds. The number of oxazole rings is 1. The van der Waals surface area contributed by atoms with Crippen molar-refractivity contribution in [3.63, 3.8) is 0 Å². The van der Waals surface area contributed by atoms with E-state index >= 15 is 0 Å². The van der Waals surface area contributed by atoms with Gasteiger partial charge in [0.2, 0.25) is 11.8 Å². The maximum absolute atomic E-state index is 12.3. The summed E-state index contributed by atoms with van der Waals surface area (Å²) >= 11 is 5.90. The molecule has 1 heterocycles. The number of nitrogens with one attached hydrogen (secondary N) is 1. The van der Waals surface area contributed by atoms with Gasteiger partial charge in [-0.15, -0.1) is 0 Å². The summed E-state index contributed by atoms with van der Waals surface area (Å²) in [6.45, 7) is 1.97. The molecule has 0 bridgehead atoms. The summed E-state index contributed by atoms with van der Waals surface area (Å²) in [7, 11) is 1.59. The molecule has 0 fully saturated rings. The number of carbonyl (C=O) groups is 2. The molecule has 0 atom stereocenters. The van der Waals surface area contributed by atoms with Crippen molar-refractivity contribution in [2.45, 2.75) is 19.8 Å². The normalized spacial score (nSPS) is 10.6. The monoisotopic (exact) mass is 411 g/mol. The number of nitrogens with zero attached hydrogens (tertiary/aromatic N) is 2. The number of aromatic nitrogens is 1. The number of amides is 2. The first-order valence-electron chi connectivity index (χ1n) is 9.22. The molecule has 0 spiro atoms. The lowest BCUT2D eigenvalue weighted by molar-refractivity contribution is -0.133. The van der Waals surface area contributed by atoms with Gasteiger partial charge in [-0.2, -0.15) is 0 Å². The van der Waals surface area contributed by atoms with E-state index < -0.39 is 0 Å². The quantitative estimate of drug-likeness (QED) is 0.627. The van der Waals surface area contributed by atoms with E-state index in [1.807, 2.05) is 31.2 Å². The topological polar surface area (TPSA) is 75.4 Å². The van der Waals surface area contributed by atoms with E-state index in [9.17, 15) is 9.59 Å². The Labute approximate surface area is 174 Å². The molecule has 2 aromatic carbocycles. The minimum atomic E-state index is -0.291. The van der Waals surface area contributed by atoms with Crippen LogP contribution >= 0.6 is 11.6 Å². The molecule has 0 saturated carbocycles. The number of hydrogen-bond donors (Lipinski definition) is 1. The fraction of sp³-hybridized carbons (Fsp3) is 0.227. The fourth-order valence-corrected chi connectivity index (χ4v) is 2.94. The molecule has 0 unspecified atom stereocenters. The Bertz CT molecular complexity index is 999. The summed E-state index contributed by atoms with van der Waals surface area (Å²) in [6, 6.07) is 14.8. The molecule has 1 aromatic heterocycles. The smallest absolute Gasteiger partial charge is 0.243 e. The van der Waals surface area contributed by atoms with Crippen LogP contribution in [0.2, 0.25) is 5.02 Å². The molecule has 150 valence electrons. The number of rotatable bonds is 7. The first-order valence-corrected chi connectivity index (χ1v) is 9.59. The number of aryl methyl sites for hydroxylation is 2. The van der Waals surface area contributed by atoms with Crippen LogP contribution in [0.4, 0.5) is 5.69 Å². The van der Waals surface area contributed by atoms with Gasteiger partial charge in [-0.1, -0.05) is 47.5 Å². The van der Waals surface area contributed by atoms with E-state index in [1.165, 1.54) is 10.5 Å². The van der Waals surface area contributed by atoms with Gasteiger partial charge < -0.3 is 14.6 Å². The van der Waals surface area contributed by atoms with Crippen molar-refractivity contribution in [1.82, 2.24) is 9.88 Å². The van der Waals surface area contributed by atoms with Gasteiger partial charge in [0.1, 0.15) is 0 Å². The Morgan fingerprint density at radius 1 is 1.17 bits per heavy atom. The zero-order valence-electron chi connectivity index (χ0n) is 16.3. The van der Waals surface area contributed by atoms with Crippen LogP contribution in [0.1, 0.15) is 17.9 Å². The average Bonchev–Trinajstić information content (AvgIpc) is 3.15. The van der Waals surface area contributed by atoms with E-state index in [0.717, 1.165) is 5.56 Å². The minimum absolute atomic E-state index is 0.0501. The molecule has 0 radical (unpaired) electrons. The van der Waals surface area contributed by atoms with Crippen LogP contribution < -0.4 is 5.32 Å². The number of hydrogen-bond acceptors (Lipinski definition) is 4. The standard InChI is InChI=1S/C22H22ClN3O3/c1-15-6-8-16(9-7-15)19-13-24-21(29-19)10-11-22(28)26(2)14-20(27)25-18-5-3-4-17(23)12-18/h3-9,12-13H,10-11,14H2,1-2H3,(H,25,27). The minimum Gasteiger partial charge on any atom is -0.441 e. The molecule has 7 heteroatoms. The highest BCUT2D eigenvalue weighted by Crippen LogP contribution is 2.21. The third kappa shape index (κ3) is 5.93. The van der Waals surface area contributed by atoms with Gasteiger partial charge in [0, 0.05) is 36.2 Å². The predicted octanol–water partition coefficient (Wildman–Crippen LogP) is 4.33. The van der Waals surface area contributed by atoms with Gasteiger partial charge in [0.25, 0.3) is 0 Å². The van der Waals surface area contributed by atoms with E-state index in [0.29, 0.717) is 28.8 Å². The van der Waals surface area contributed by atoms with Gasteiger partial charge in [-0.05, 0) is 25.1 Å². The van der Waals surface area contributed by atoms with E-state index in [1.54, 1.807) is 37.5 Å². The Balaban J connectivity index is 1.48. The fourth-order valence-electron chi connectivity index (χ4n) is 2.75. The average molecular weight is 412 g/mol. The highest BCUT2D eigenvalue weighted by molar-refractivity contribution is 6.30. The van der Waals surface area contributed by atoms with Crippen molar-refractivity contribution in [3.8, 4) is 11.3 Å². The predicted molar refractivity (Wildman–Crippen MR) is 113 cm³/mol. The van der Waals surface area contributed by atoms with Crippen LogP contribution in [-0.4, -0.2) is 35.3 Å². The molecule has 0 aliphatic rings. The van der Waals surface area contributed by atoms with Crippen LogP contribution in [0, 0.1) is 6.92 Å². The zero-order chi connectivity index (χ0) is 20.8. The Morgan fingerprint density at radius 3 is 2.66 bits per heavy atom. The number of carbonyl (C=O) groups excluding carboxylic acids is 2. The van der Waals surface area contributed by atoms with Crippen LogP contribution in [0.25, 0.3) is 11.3 Å². The van der Waals surface area contributed by atoms with E-state index in [2.05, 4.69) is 10.3 Å². The van der Waals surface area contributed by atoms with Gasteiger partial charge in [-0.25, -0.2) is 4.98 Å². The second-order valence-electron chi connectivity index (χ2n) is 6.79. The summed E-state index contributed by atoms with van der Waals surface area (Å²) < 4.78 is 5.74. The van der Waals surface area contributed by atoms with Gasteiger partial charge in [-0.3, -0.25) is 9.59 Å². The van der Waals surface area contributed by atoms with Gasteiger partial charge in [0.05, 0.1) is 12.7 Å². The van der Waals surface area contributed by atoms with Crippen LogP contribution in [-0.2, 0) is 16.0 Å². The van der Waals surface area contributed by atoms with Crippen molar-refractivity contribution in [2.24, 2.45) is 0 Å². The van der Waals surface area contributed by atoms with Gasteiger partial charge in [0.15, 0.2) is 11.7 Å². The van der Waals surface area contributed by atoms with E-state index in [4.69, 9.17) is 16.0 Å². The molecule has 1 N–H and O–H groups in total. The van der Waals surface area contributed by atoms with Crippen molar-refractivity contribution >= 4 is 29.1 Å². The Morgan fingerprint density at radius 2 is 1.93 bits per heavy atom. The van der Waals surface area contributed by atoms with Crippen molar-refractivity contribution in [3.05, 3.63) is 71.2 Å². The lowest BCUT2D eigenvalue weighted by atomic mass is 10.1. The molecule has 29 heavy (non-hydrogen) atoms. The number of anilines is 1. The summed E-state index contributed by atoms with van der Waals surface area (Å²) in [5.74, 6) is 0.703. The molecule has 0 saturated heterocycles. The Kier molecular flexibility index (Phi) is 6.67. The van der Waals surface area contributed by atoms with Crippen LogP contribution in [0.15, 0.2) is 59.1 Å². The number of likely N-dealkylation sites (N-methyl/N-ethyl adjacent to an activating group) is 1. The summed E-state index contributed by atoms with van der Waals surface area (Å²) in [4.78, 5) is 30.1. The van der Waals surface area contributed by atoms with Crippen molar-refractivity contribution in [2.75, 3.05) is 18.9 Å². The maximum atomic E-state index is 12.3. The highest BCUT2D eigenvalue weighted by atomic mass is 35.5. The van der Waals surface area contributed by atoms with E-state index in [-0.39, 0.29) is 24.8 Å². The molecule has 3 rings (SSSR count). The van der Waals surface area contributed by atoms with Crippen LogP contribution in [0.5, 0.6) is 0 Å². The molecule has 3 aromatic rings. The Hall–Kier alpha value is -3.12. The molecular formula is C22H22ClN3O3. The van der Waals surface area contributed by atoms with Crippen LogP contribution in [0.3, 0.4) is 0 Å². The van der Waals surface area contributed by atoms with Gasteiger partial charge >= 0.3 is 0 Å². The SMILES string of the molecule is Cc1ccc(-c2cnc(CCC(=O)N(C)CC(=O)Nc3cccc(Cl)c3)o2)cc1. The molecule has 0 aliphatic carbocycles. The first kappa shape index (κ1) is 20.6. The summed E-state index contributed by atoms with van der Waals surface area (Å²) in [5, 5.41) is 3.25. The largest absolute Gasteiger partial charge is 0.441 e. The zero-order valence-corrected chi connectivity index (χ0v) is 17.1. The third-order valence-electron chi connectivity index (χ3n) is 4.36.